The number of nitrogens with zero attached hydrogens (tertiary/aromatic N) is 1. The minimum Gasteiger partial charge on any atom is -0.481 e. The van der Waals surface area contributed by atoms with Crippen LogP contribution in [0.5, 0.6) is 5.75 Å². The maximum atomic E-state index is 12.7. The van der Waals surface area contributed by atoms with E-state index in [4.69, 9.17) is 4.74 Å². The fourth-order valence-electron chi connectivity index (χ4n) is 2.21. The van der Waals surface area contributed by atoms with Gasteiger partial charge in [-0.15, -0.1) is 0 Å². The highest BCUT2D eigenvalue weighted by atomic mass is 16.5. The van der Waals surface area contributed by atoms with Crippen molar-refractivity contribution in [3.63, 3.8) is 0 Å². The summed E-state index contributed by atoms with van der Waals surface area (Å²) in [4.78, 5) is 14.7. The second-order valence-electron chi connectivity index (χ2n) is 5.36. The van der Waals surface area contributed by atoms with Crippen molar-refractivity contribution in [1.82, 2.24) is 4.90 Å². The molecular formula is C18H29NO2. The van der Waals surface area contributed by atoms with Crippen molar-refractivity contribution in [2.24, 2.45) is 0 Å². The topological polar surface area (TPSA) is 29.5 Å². The number of ether oxygens (including phenoxy) is 1. The van der Waals surface area contributed by atoms with Crippen molar-refractivity contribution in [3.05, 3.63) is 30.3 Å². The van der Waals surface area contributed by atoms with Crippen LogP contribution < -0.4 is 4.74 Å². The predicted molar refractivity (Wildman–Crippen MR) is 87.5 cm³/mol. The van der Waals surface area contributed by atoms with Gasteiger partial charge in [-0.05, 0) is 31.4 Å². The molecule has 0 fully saturated rings. The van der Waals surface area contributed by atoms with Crippen LogP contribution in [0, 0.1) is 0 Å². The van der Waals surface area contributed by atoms with Gasteiger partial charge < -0.3 is 9.64 Å². The molecule has 1 rings (SSSR count). The standard InChI is InChI=1S/C18H29NO2/c1-4-7-14-19(15-8-5-2)18(20)17(6-3)21-16-12-10-9-11-13-16/h9-13,17H,4-8,14-15H2,1-3H3. The highest BCUT2D eigenvalue weighted by Gasteiger charge is 2.23. The van der Waals surface area contributed by atoms with Crippen LogP contribution in [0.4, 0.5) is 0 Å². The van der Waals surface area contributed by atoms with Crippen molar-refractivity contribution in [3.8, 4) is 5.75 Å². The number of hydrogen-bond donors (Lipinski definition) is 0. The molecule has 21 heavy (non-hydrogen) atoms. The Morgan fingerprint density at radius 1 is 1.05 bits per heavy atom. The first-order chi connectivity index (χ1) is 10.2. The van der Waals surface area contributed by atoms with Gasteiger partial charge in [0.15, 0.2) is 6.10 Å². The quantitative estimate of drug-likeness (QED) is 0.644. The fourth-order valence-corrected chi connectivity index (χ4v) is 2.21. The minimum atomic E-state index is -0.374. The molecule has 0 spiro atoms. The maximum absolute atomic E-state index is 12.7. The van der Waals surface area contributed by atoms with Crippen LogP contribution in [0.2, 0.25) is 0 Å². The largest absolute Gasteiger partial charge is 0.481 e. The average molecular weight is 291 g/mol. The van der Waals surface area contributed by atoms with E-state index in [1.165, 1.54) is 0 Å². The number of carbonyl (C=O) groups is 1. The third-order valence-corrected chi connectivity index (χ3v) is 3.54. The lowest BCUT2D eigenvalue weighted by Crippen LogP contribution is -2.42. The van der Waals surface area contributed by atoms with Gasteiger partial charge in [0.2, 0.25) is 0 Å². The van der Waals surface area contributed by atoms with Crippen molar-refractivity contribution in [2.75, 3.05) is 13.1 Å². The summed E-state index contributed by atoms with van der Waals surface area (Å²) in [5, 5.41) is 0. The minimum absolute atomic E-state index is 0.128. The van der Waals surface area contributed by atoms with E-state index in [9.17, 15) is 4.79 Å². The van der Waals surface area contributed by atoms with Crippen LogP contribution in [0.25, 0.3) is 0 Å². The van der Waals surface area contributed by atoms with Crippen LogP contribution in [-0.4, -0.2) is 30.0 Å². The van der Waals surface area contributed by atoms with Crippen LogP contribution in [-0.2, 0) is 4.79 Å². The predicted octanol–water partition coefficient (Wildman–Crippen LogP) is 4.27. The SMILES string of the molecule is CCCCN(CCCC)C(=O)C(CC)Oc1ccccc1. The van der Waals surface area contributed by atoms with Crippen LogP contribution in [0.1, 0.15) is 52.9 Å². The summed E-state index contributed by atoms with van der Waals surface area (Å²) < 4.78 is 5.88. The summed E-state index contributed by atoms with van der Waals surface area (Å²) in [6.07, 6.45) is 4.64. The number of para-hydroxylation sites is 1. The molecule has 0 aromatic heterocycles. The van der Waals surface area contributed by atoms with Gasteiger partial charge in [-0.3, -0.25) is 4.79 Å². The summed E-state index contributed by atoms with van der Waals surface area (Å²) in [5.41, 5.74) is 0. The fraction of sp³-hybridized carbons (Fsp3) is 0.611. The van der Waals surface area contributed by atoms with Crippen LogP contribution in [0.3, 0.4) is 0 Å². The lowest BCUT2D eigenvalue weighted by molar-refractivity contribution is -0.139. The summed E-state index contributed by atoms with van der Waals surface area (Å²) >= 11 is 0. The normalized spacial score (nSPS) is 12.0. The average Bonchev–Trinajstić information content (AvgIpc) is 2.53. The summed E-state index contributed by atoms with van der Waals surface area (Å²) in [6, 6.07) is 9.61. The molecule has 118 valence electrons. The van der Waals surface area contributed by atoms with Gasteiger partial charge in [-0.1, -0.05) is 51.8 Å². The van der Waals surface area contributed by atoms with E-state index in [-0.39, 0.29) is 12.0 Å². The van der Waals surface area contributed by atoms with Gasteiger partial charge in [0.1, 0.15) is 5.75 Å². The Morgan fingerprint density at radius 3 is 2.10 bits per heavy atom. The summed E-state index contributed by atoms with van der Waals surface area (Å²) in [6.45, 7) is 7.98. The van der Waals surface area contributed by atoms with Gasteiger partial charge in [0, 0.05) is 13.1 Å². The van der Waals surface area contributed by atoms with E-state index < -0.39 is 0 Å². The zero-order chi connectivity index (χ0) is 15.5. The van der Waals surface area contributed by atoms with E-state index in [0.717, 1.165) is 44.5 Å². The smallest absolute Gasteiger partial charge is 0.263 e. The van der Waals surface area contributed by atoms with Gasteiger partial charge in [-0.25, -0.2) is 0 Å². The Morgan fingerprint density at radius 2 is 1.62 bits per heavy atom. The third-order valence-electron chi connectivity index (χ3n) is 3.54. The molecular weight excluding hydrogens is 262 g/mol. The Bertz CT molecular complexity index is 383. The maximum Gasteiger partial charge on any atom is 0.263 e. The van der Waals surface area contributed by atoms with Crippen LogP contribution >= 0.6 is 0 Å². The Hall–Kier alpha value is -1.51. The summed E-state index contributed by atoms with van der Waals surface area (Å²) in [7, 11) is 0. The Balaban J connectivity index is 2.67. The number of unbranched alkanes of at least 4 members (excludes halogenated alkanes) is 2. The van der Waals surface area contributed by atoms with E-state index in [2.05, 4.69) is 13.8 Å². The number of carbonyl (C=O) groups excluding carboxylic acids is 1. The molecule has 1 aromatic carbocycles. The van der Waals surface area contributed by atoms with Crippen molar-refractivity contribution in [2.45, 2.75) is 59.0 Å². The number of hydrogen-bond acceptors (Lipinski definition) is 2. The Labute approximate surface area is 129 Å². The van der Waals surface area contributed by atoms with E-state index in [1.54, 1.807) is 0 Å². The molecule has 0 bridgehead atoms. The zero-order valence-corrected chi connectivity index (χ0v) is 13.7. The molecule has 0 heterocycles. The molecule has 3 nitrogen and oxygen atoms in total. The molecule has 3 heteroatoms. The molecule has 0 N–H and O–H groups in total. The lowest BCUT2D eigenvalue weighted by atomic mass is 10.2. The van der Waals surface area contributed by atoms with Crippen molar-refractivity contribution >= 4 is 5.91 Å². The highest BCUT2D eigenvalue weighted by molar-refractivity contribution is 5.81. The monoisotopic (exact) mass is 291 g/mol. The summed E-state index contributed by atoms with van der Waals surface area (Å²) in [5.74, 6) is 0.895. The first-order valence-electron chi connectivity index (χ1n) is 8.23. The van der Waals surface area contributed by atoms with Crippen LogP contribution in [0.15, 0.2) is 30.3 Å². The van der Waals surface area contributed by atoms with Gasteiger partial charge in [-0.2, -0.15) is 0 Å². The third kappa shape index (κ3) is 6.19. The first kappa shape index (κ1) is 17.5. The number of benzene rings is 1. The molecule has 1 aromatic rings. The molecule has 0 saturated heterocycles. The van der Waals surface area contributed by atoms with Gasteiger partial charge >= 0.3 is 0 Å². The van der Waals surface area contributed by atoms with Gasteiger partial charge in [0.05, 0.1) is 0 Å². The molecule has 0 saturated carbocycles. The number of amides is 1. The molecule has 0 aliphatic rings. The molecule has 0 radical (unpaired) electrons. The van der Waals surface area contributed by atoms with E-state index in [1.807, 2.05) is 42.2 Å². The molecule has 1 amide bonds. The molecule has 0 aliphatic heterocycles. The number of rotatable bonds is 10. The molecule has 1 atom stereocenters. The highest BCUT2D eigenvalue weighted by Crippen LogP contribution is 2.15. The second kappa shape index (κ2) is 10.3. The van der Waals surface area contributed by atoms with Gasteiger partial charge in [0.25, 0.3) is 5.91 Å². The Kier molecular flexibility index (Phi) is 8.56. The molecule has 1 unspecified atom stereocenters. The van der Waals surface area contributed by atoms with E-state index in [0.29, 0.717) is 6.42 Å². The molecule has 0 aliphatic carbocycles. The van der Waals surface area contributed by atoms with Crippen molar-refractivity contribution < 1.29 is 9.53 Å². The van der Waals surface area contributed by atoms with Crippen molar-refractivity contribution in [1.29, 1.82) is 0 Å². The van der Waals surface area contributed by atoms with E-state index >= 15 is 0 Å². The second-order valence-corrected chi connectivity index (χ2v) is 5.36. The zero-order valence-electron chi connectivity index (χ0n) is 13.7. The first-order valence-corrected chi connectivity index (χ1v) is 8.23. The lowest BCUT2D eigenvalue weighted by Gasteiger charge is -2.27.